The first-order chi connectivity index (χ1) is 15.3. The van der Waals surface area contributed by atoms with Gasteiger partial charge in [-0.15, -0.1) is 0 Å². The van der Waals surface area contributed by atoms with Gasteiger partial charge in [-0.1, -0.05) is 23.2 Å². The van der Waals surface area contributed by atoms with Gasteiger partial charge in [0.2, 0.25) is 0 Å². The Hall–Kier alpha value is -2.64. The van der Waals surface area contributed by atoms with Crippen molar-refractivity contribution in [3.63, 3.8) is 0 Å². The summed E-state index contributed by atoms with van der Waals surface area (Å²) in [6, 6.07) is 6.53. The number of ketones is 1. The molecule has 0 radical (unpaired) electrons. The van der Waals surface area contributed by atoms with Gasteiger partial charge in [0.15, 0.2) is 11.5 Å². The Morgan fingerprint density at radius 1 is 1.03 bits per heavy atom. The van der Waals surface area contributed by atoms with Crippen LogP contribution in [0.15, 0.2) is 24.3 Å². The third kappa shape index (κ3) is 3.84. The molecular weight excluding hydrogens is 457 g/mol. The lowest BCUT2D eigenvalue weighted by molar-refractivity contribution is -0.00615. The monoisotopic (exact) mass is 479 g/mol. The molecule has 0 bridgehead atoms. The number of hydrogen-bond acceptors (Lipinski definition) is 6. The van der Waals surface area contributed by atoms with Crippen LogP contribution in [0.4, 0.5) is 0 Å². The second kappa shape index (κ2) is 8.71. The predicted molar refractivity (Wildman–Crippen MR) is 120 cm³/mol. The standard InChI is InChI=1S/C23H23Cl2NO6/c1-29-13-10-17(30-2)20-16(27)12-23(32-18(20)11-13)6-8-26(9-7-23)22(28)19-14(24)4-5-15(25)21(19)31-3/h4-5,10-11H,6-9,12H2,1-3H3. The molecule has 7 nitrogen and oxygen atoms in total. The topological polar surface area (TPSA) is 74.3 Å². The van der Waals surface area contributed by atoms with Crippen molar-refractivity contribution in [3.8, 4) is 23.0 Å². The van der Waals surface area contributed by atoms with E-state index in [-0.39, 0.29) is 34.4 Å². The van der Waals surface area contributed by atoms with Crippen LogP contribution in [0.1, 0.15) is 40.0 Å². The molecular formula is C23H23Cl2NO6. The summed E-state index contributed by atoms with van der Waals surface area (Å²) >= 11 is 12.5. The summed E-state index contributed by atoms with van der Waals surface area (Å²) in [5, 5.41) is 0.586. The van der Waals surface area contributed by atoms with Crippen molar-refractivity contribution in [2.24, 2.45) is 0 Å². The van der Waals surface area contributed by atoms with Crippen molar-refractivity contribution in [1.82, 2.24) is 4.90 Å². The van der Waals surface area contributed by atoms with Gasteiger partial charge in [0, 0.05) is 38.1 Å². The van der Waals surface area contributed by atoms with Crippen LogP contribution in [0.25, 0.3) is 0 Å². The molecule has 2 aliphatic heterocycles. The van der Waals surface area contributed by atoms with E-state index in [9.17, 15) is 9.59 Å². The van der Waals surface area contributed by atoms with Crippen LogP contribution in [-0.2, 0) is 0 Å². The van der Waals surface area contributed by atoms with Crippen LogP contribution in [-0.4, -0.2) is 56.6 Å². The van der Waals surface area contributed by atoms with Crippen LogP contribution in [0.2, 0.25) is 10.0 Å². The Morgan fingerprint density at radius 3 is 2.34 bits per heavy atom. The molecule has 0 N–H and O–H groups in total. The second-order valence-corrected chi connectivity index (χ2v) is 8.63. The van der Waals surface area contributed by atoms with E-state index in [1.54, 1.807) is 36.3 Å². The molecule has 2 aliphatic rings. The Morgan fingerprint density at radius 2 is 1.72 bits per heavy atom. The molecule has 4 rings (SSSR count). The molecule has 0 atom stereocenters. The summed E-state index contributed by atoms with van der Waals surface area (Å²) in [5.74, 6) is 1.34. The summed E-state index contributed by atoms with van der Waals surface area (Å²) in [7, 11) is 4.49. The lowest BCUT2D eigenvalue weighted by Gasteiger charge is -2.44. The summed E-state index contributed by atoms with van der Waals surface area (Å²) < 4.78 is 22.4. The predicted octanol–water partition coefficient (Wildman–Crippen LogP) is 4.66. The number of amides is 1. The SMILES string of the molecule is COc1cc(OC)c2c(c1)OC1(CCN(C(=O)c3c(Cl)ccc(Cl)c3OC)CC1)CC2=O. The number of fused-ring (bicyclic) bond motifs is 1. The summed E-state index contributed by atoms with van der Waals surface area (Å²) in [6.45, 7) is 0.795. The minimum atomic E-state index is -0.694. The van der Waals surface area contributed by atoms with Crippen molar-refractivity contribution in [3.05, 3.63) is 45.4 Å². The first kappa shape index (κ1) is 22.6. The van der Waals surface area contributed by atoms with Gasteiger partial charge in [0.05, 0.1) is 37.8 Å². The van der Waals surface area contributed by atoms with Gasteiger partial charge in [0.25, 0.3) is 5.91 Å². The highest BCUT2D eigenvalue weighted by Gasteiger charge is 2.45. The highest BCUT2D eigenvalue weighted by molar-refractivity contribution is 6.37. The maximum Gasteiger partial charge on any atom is 0.259 e. The van der Waals surface area contributed by atoms with Gasteiger partial charge in [-0.3, -0.25) is 9.59 Å². The van der Waals surface area contributed by atoms with Gasteiger partial charge in [-0.25, -0.2) is 0 Å². The fraction of sp³-hybridized carbons (Fsp3) is 0.391. The maximum atomic E-state index is 13.2. The van der Waals surface area contributed by atoms with Gasteiger partial charge in [-0.05, 0) is 12.1 Å². The fourth-order valence-corrected chi connectivity index (χ4v) is 4.80. The smallest absolute Gasteiger partial charge is 0.259 e. The number of piperidine rings is 1. The lowest BCUT2D eigenvalue weighted by Crippen LogP contribution is -2.52. The molecule has 170 valence electrons. The lowest BCUT2D eigenvalue weighted by atomic mass is 9.82. The first-order valence-electron chi connectivity index (χ1n) is 10.1. The number of rotatable bonds is 4. The molecule has 2 aromatic carbocycles. The molecule has 0 aliphatic carbocycles. The molecule has 1 saturated heterocycles. The van der Waals surface area contributed by atoms with E-state index in [4.69, 9.17) is 42.1 Å². The number of methoxy groups -OCH3 is 3. The van der Waals surface area contributed by atoms with E-state index in [0.717, 1.165) is 0 Å². The number of carbonyl (C=O) groups is 2. The highest BCUT2D eigenvalue weighted by atomic mass is 35.5. The number of carbonyl (C=O) groups excluding carboxylic acids is 2. The molecule has 1 amide bonds. The van der Waals surface area contributed by atoms with Gasteiger partial charge in [-0.2, -0.15) is 0 Å². The van der Waals surface area contributed by atoms with Gasteiger partial charge in [0.1, 0.15) is 34.0 Å². The molecule has 2 aromatic rings. The first-order valence-corrected chi connectivity index (χ1v) is 10.9. The zero-order valence-electron chi connectivity index (χ0n) is 18.0. The van der Waals surface area contributed by atoms with Crippen LogP contribution in [0.3, 0.4) is 0 Å². The van der Waals surface area contributed by atoms with E-state index in [0.29, 0.717) is 53.8 Å². The average Bonchev–Trinajstić information content (AvgIpc) is 2.79. The zero-order chi connectivity index (χ0) is 23.0. The molecule has 0 unspecified atom stereocenters. The number of benzene rings is 2. The molecule has 1 spiro atoms. The molecule has 0 aromatic heterocycles. The van der Waals surface area contributed by atoms with Crippen molar-refractivity contribution in [2.75, 3.05) is 34.4 Å². The Bertz CT molecular complexity index is 1080. The Kier molecular flexibility index (Phi) is 6.14. The minimum absolute atomic E-state index is 0.0508. The second-order valence-electron chi connectivity index (χ2n) is 7.82. The zero-order valence-corrected chi connectivity index (χ0v) is 19.5. The fourth-order valence-electron chi connectivity index (χ4n) is 4.34. The van der Waals surface area contributed by atoms with Crippen LogP contribution < -0.4 is 18.9 Å². The average molecular weight is 480 g/mol. The minimum Gasteiger partial charge on any atom is -0.496 e. The van der Waals surface area contributed by atoms with E-state index in [2.05, 4.69) is 0 Å². The van der Waals surface area contributed by atoms with Gasteiger partial charge < -0.3 is 23.8 Å². The molecule has 32 heavy (non-hydrogen) atoms. The van der Waals surface area contributed by atoms with Crippen molar-refractivity contribution >= 4 is 34.9 Å². The van der Waals surface area contributed by atoms with Crippen LogP contribution in [0.5, 0.6) is 23.0 Å². The number of halogens is 2. The normalized spacial score (nSPS) is 16.9. The van der Waals surface area contributed by atoms with E-state index in [1.165, 1.54) is 14.2 Å². The number of hydrogen-bond donors (Lipinski definition) is 0. The van der Waals surface area contributed by atoms with E-state index >= 15 is 0 Å². The quantitative estimate of drug-likeness (QED) is 0.634. The van der Waals surface area contributed by atoms with Crippen molar-refractivity contribution < 1.29 is 28.5 Å². The third-order valence-corrected chi connectivity index (χ3v) is 6.63. The number of Topliss-reactive ketones (excluding diaryl/α,β-unsaturated/α-hetero) is 1. The Balaban J connectivity index is 1.56. The maximum absolute atomic E-state index is 13.2. The Labute approximate surface area is 196 Å². The number of ether oxygens (including phenoxy) is 4. The molecule has 0 saturated carbocycles. The number of nitrogens with zero attached hydrogens (tertiary/aromatic N) is 1. The molecule has 1 fully saturated rings. The highest BCUT2D eigenvalue weighted by Crippen LogP contribution is 2.45. The largest absolute Gasteiger partial charge is 0.496 e. The van der Waals surface area contributed by atoms with E-state index < -0.39 is 5.60 Å². The molecule has 2 heterocycles. The molecule has 9 heteroatoms. The summed E-state index contributed by atoms with van der Waals surface area (Å²) in [6.07, 6.45) is 1.19. The van der Waals surface area contributed by atoms with Crippen molar-refractivity contribution in [2.45, 2.75) is 24.9 Å². The summed E-state index contributed by atoms with van der Waals surface area (Å²) in [4.78, 5) is 27.9. The van der Waals surface area contributed by atoms with Gasteiger partial charge >= 0.3 is 0 Å². The van der Waals surface area contributed by atoms with Crippen LogP contribution >= 0.6 is 23.2 Å². The summed E-state index contributed by atoms with van der Waals surface area (Å²) in [5.41, 5.74) is -0.0357. The number of likely N-dealkylation sites (tertiary alicyclic amines) is 1. The van der Waals surface area contributed by atoms with Crippen LogP contribution in [0, 0.1) is 0 Å². The third-order valence-electron chi connectivity index (χ3n) is 6.02. The van der Waals surface area contributed by atoms with Crippen molar-refractivity contribution in [1.29, 1.82) is 0 Å². The van der Waals surface area contributed by atoms with E-state index in [1.807, 2.05) is 0 Å².